The molecular formula is C12H14FNO3. The van der Waals surface area contributed by atoms with E-state index in [1.807, 2.05) is 4.90 Å². The summed E-state index contributed by atoms with van der Waals surface area (Å²) in [5.41, 5.74) is 0.445. The number of likely N-dealkylation sites (tertiary alicyclic amines) is 1. The Morgan fingerprint density at radius 1 is 1.53 bits per heavy atom. The number of benzene rings is 1. The highest BCUT2D eigenvalue weighted by Crippen LogP contribution is 2.17. The van der Waals surface area contributed by atoms with Gasteiger partial charge in [0.05, 0.1) is 11.7 Å². The topological polar surface area (TPSA) is 60.8 Å². The minimum atomic E-state index is -1.06. The minimum Gasteiger partial charge on any atom is -0.478 e. The normalized spacial score (nSPS) is 20.7. The SMILES string of the molecule is O=C(O)c1ccc(F)c(CN2CCC(O)C2)c1. The molecule has 1 fully saturated rings. The van der Waals surface area contributed by atoms with Crippen molar-refractivity contribution in [1.82, 2.24) is 4.90 Å². The van der Waals surface area contributed by atoms with Crippen LogP contribution in [-0.4, -0.2) is 40.3 Å². The van der Waals surface area contributed by atoms with E-state index >= 15 is 0 Å². The van der Waals surface area contributed by atoms with Crippen LogP contribution in [0.1, 0.15) is 22.3 Å². The fourth-order valence-corrected chi connectivity index (χ4v) is 2.03. The number of aliphatic hydroxyl groups is 1. The van der Waals surface area contributed by atoms with Crippen LogP contribution in [0.2, 0.25) is 0 Å². The zero-order valence-corrected chi connectivity index (χ0v) is 9.27. The van der Waals surface area contributed by atoms with Crippen LogP contribution in [0.5, 0.6) is 0 Å². The molecule has 0 aromatic heterocycles. The highest BCUT2D eigenvalue weighted by atomic mass is 19.1. The smallest absolute Gasteiger partial charge is 0.335 e. The molecule has 0 bridgehead atoms. The summed E-state index contributed by atoms with van der Waals surface area (Å²) in [5.74, 6) is -1.47. The predicted molar refractivity (Wildman–Crippen MR) is 59.3 cm³/mol. The molecule has 5 heteroatoms. The quantitative estimate of drug-likeness (QED) is 0.829. The second-order valence-electron chi connectivity index (χ2n) is 4.29. The molecule has 4 nitrogen and oxygen atoms in total. The Hall–Kier alpha value is -1.46. The molecule has 2 N–H and O–H groups in total. The lowest BCUT2D eigenvalue weighted by Crippen LogP contribution is -2.22. The summed E-state index contributed by atoms with van der Waals surface area (Å²) in [6.45, 7) is 1.55. The van der Waals surface area contributed by atoms with Gasteiger partial charge in [-0.1, -0.05) is 0 Å². The Bertz CT molecular complexity index is 436. The Morgan fingerprint density at radius 2 is 2.29 bits per heavy atom. The van der Waals surface area contributed by atoms with Gasteiger partial charge in [-0.05, 0) is 24.6 Å². The second kappa shape index (κ2) is 4.81. The maximum Gasteiger partial charge on any atom is 0.335 e. The lowest BCUT2D eigenvalue weighted by molar-refractivity contribution is 0.0696. The monoisotopic (exact) mass is 239 g/mol. The van der Waals surface area contributed by atoms with Crippen molar-refractivity contribution < 1.29 is 19.4 Å². The first-order valence-electron chi connectivity index (χ1n) is 5.48. The molecule has 0 amide bonds. The van der Waals surface area contributed by atoms with E-state index in [0.29, 0.717) is 31.6 Å². The largest absolute Gasteiger partial charge is 0.478 e. The molecule has 1 unspecified atom stereocenters. The van der Waals surface area contributed by atoms with Crippen molar-refractivity contribution in [3.8, 4) is 0 Å². The van der Waals surface area contributed by atoms with Crippen molar-refractivity contribution in [2.24, 2.45) is 0 Å². The molecule has 1 saturated heterocycles. The maximum absolute atomic E-state index is 13.5. The van der Waals surface area contributed by atoms with Crippen LogP contribution >= 0.6 is 0 Å². The fourth-order valence-electron chi connectivity index (χ4n) is 2.03. The Kier molecular flexibility index (Phi) is 3.40. The molecule has 0 aliphatic carbocycles. The highest BCUT2D eigenvalue weighted by Gasteiger charge is 2.21. The minimum absolute atomic E-state index is 0.0844. The first-order chi connectivity index (χ1) is 8.06. The van der Waals surface area contributed by atoms with Crippen molar-refractivity contribution in [1.29, 1.82) is 0 Å². The van der Waals surface area contributed by atoms with Crippen LogP contribution in [0.25, 0.3) is 0 Å². The summed E-state index contributed by atoms with van der Waals surface area (Å²) in [4.78, 5) is 12.7. The van der Waals surface area contributed by atoms with Gasteiger partial charge in [-0.15, -0.1) is 0 Å². The predicted octanol–water partition coefficient (Wildman–Crippen LogP) is 1.09. The third-order valence-corrected chi connectivity index (χ3v) is 2.93. The van der Waals surface area contributed by atoms with Gasteiger partial charge in [0.25, 0.3) is 0 Å². The van der Waals surface area contributed by atoms with Crippen LogP contribution < -0.4 is 0 Å². The zero-order chi connectivity index (χ0) is 12.4. The number of β-amino-alcohol motifs (C(OH)–C–C–N with tert-alkyl or cyclic N) is 1. The molecule has 1 atom stereocenters. The van der Waals surface area contributed by atoms with Crippen molar-refractivity contribution >= 4 is 5.97 Å². The van der Waals surface area contributed by atoms with Crippen LogP contribution in [0.4, 0.5) is 4.39 Å². The summed E-state index contributed by atoms with van der Waals surface area (Å²) in [6.07, 6.45) is 0.320. The van der Waals surface area contributed by atoms with Gasteiger partial charge in [-0.3, -0.25) is 4.90 Å². The van der Waals surface area contributed by atoms with Gasteiger partial charge in [-0.25, -0.2) is 9.18 Å². The lowest BCUT2D eigenvalue weighted by atomic mass is 10.1. The molecule has 1 aliphatic heterocycles. The average Bonchev–Trinajstić information content (AvgIpc) is 2.67. The number of hydrogen-bond acceptors (Lipinski definition) is 3. The van der Waals surface area contributed by atoms with Crippen molar-refractivity contribution in [3.63, 3.8) is 0 Å². The van der Waals surface area contributed by atoms with Gasteiger partial charge in [0.15, 0.2) is 0 Å². The summed E-state index contributed by atoms with van der Waals surface area (Å²) < 4.78 is 13.5. The molecule has 1 aromatic rings. The Labute approximate surface area is 98.3 Å². The van der Waals surface area contributed by atoms with E-state index in [0.717, 1.165) is 0 Å². The number of nitrogens with zero attached hydrogens (tertiary/aromatic N) is 1. The molecule has 92 valence electrons. The van der Waals surface area contributed by atoms with Crippen LogP contribution in [0.3, 0.4) is 0 Å². The van der Waals surface area contributed by atoms with Gasteiger partial charge in [0.2, 0.25) is 0 Å². The molecule has 17 heavy (non-hydrogen) atoms. The third-order valence-electron chi connectivity index (χ3n) is 2.93. The lowest BCUT2D eigenvalue weighted by Gasteiger charge is -2.15. The van der Waals surface area contributed by atoms with E-state index in [-0.39, 0.29) is 11.7 Å². The van der Waals surface area contributed by atoms with Crippen LogP contribution in [0, 0.1) is 5.82 Å². The number of hydrogen-bond donors (Lipinski definition) is 2. The number of carboxylic acid groups (broad SMARTS) is 1. The van der Waals surface area contributed by atoms with Crippen molar-refractivity contribution in [3.05, 3.63) is 35.1 Å². The molecule has 0 radical (unpaired) electrons. The van der Waals surface area contributed by atoms with Gasteiger partial charge >= 0.3 is 5.97 Å². The molecular weight excluding hydrogens is 225 g/mol. The molecule has 2 rings (SSSR count). The molecule has 1 heterocycles. The van der Waals surface area contributed by atoms with E-state index in [2.05, 4.69) is 0 Å². The van der Waals surface area contributed by atoms with Gasteiger partial charge in [0, 0.05) is 25.2 Å². The zero-order valence-electron chi connectivity index (χ0n) is 9.27. The van der Waals surface area contributed by atoms with E-state index in [1.54, 1.807) is 0 Å². The van der Waals surface area contributed by atoms with E-state index in [4.69, 9.17) is 5.11 Å². The standard InChI is InChI=1S/C12H14FNO3/c13-11-2-1-8(12(16)17)5-9(11)6-14-4-3-10(15)7-14/h1-2,5,10,15H,3-4,6-7H2,(H,16,17). The second-order valence-corrected chi connectivity index (χ2v) is 4.29. The van der Waals surface area contributed by atoms with Crippen molar-refractivity contribution in [2.45, 2.75) is 19.1 Å². The molecule has 0 spiro atoms. The van der Waals surface area contributed by atoms with Gasteiger partial charge in [-0.2, -0.15) is 0 Å². The summed E-state index contributed by atoms with van der Waals surface area (Å²) in [5, 5.41) is 18.2. The van der Waals surface area contributed by atoms with Gasteiger partial charge < -0.3 is 10.2 Å². The third kappa shape index (κ3) is 2.81. The van der Waals surface area contributed by atoms with Crippen molar-refractivity contribution in [2.75, 3.05) is 13.1 Å². The first-order valence-corrected chi connectivity index (χ1v) is 5.48. The highest BCUT2D eigenvalue weighted by molar-refractivity contribution is 5.87. The van der Waals surface area contributed by atoms with E-state index in [9.17, 15) is 14.3 Å². The van der Waals surface area contributed by atoms with Crippen LogP contribution in [-0.2, 0) is 6.54 Å². The average molecular weight is 239 g/mol. The van der Waals surface area contributed by atoms with Gasteiger partial charge in [0.1, 0.15) is 5.82 Å². The number of carbonyl (C=O) groups is 1. The fraction of sp³-hybridized carbons (Fsp3) is 0.417. The number of carboxylic acids is 1. The Morgan fingerprint density at radius 3 is 2.88 bits per heavy atom. The maximum atomic E-state index is 13.5. The number of rotatable bonds is 3. The summed E-state index contributed by atoms with van der Waals surface area (Å²) in [7, 11) is 0. The number of aromatic carboxylic acids is 1. The molecule has 1 aliphatic rings. The van der Waals surface area contributed by atoms with Crippen LogP contribution in [0.15, 0.2) is 18.2 Å². The summed E-state index contributed by atoms with van der Waals surface area (Å²) >= 11 is 0. The number of aliphatic hydroxyl groups excluding tert-OH is 1. The summed E-state index contributed by atoms with van der Waals surface area (Å²) in [6, 6.07) is 3.77. The first kappa shape index (κ1) is 12.0. The Balaban J connectivity index is 2.14. The molecule has 0 saturated carbocycles. The van der Waals surface area contributed by atoms with E-state index in [1.165, 1.54) is 18.2 Å². The number of halogens is 1. The van der Waals surface area contributed by atoms with E-state index < -0.39 is 11.8 Å². The molecule has 1 aromatic carbocycles.